The lowest BCUT2D eigenvalue weighted by atomic mass is 9.98. The predicted octanol–water partition coefficient (Wildman–Crippen LogP) is 3.69. The van der Waals surface area contributed by atoms with Gasteiger partial charge in [0.05, 0.1) is 5.52 Å². The molecule has 0 aliphatic carbocycles. The van der Waals surface area contributed by atoms with Crippen molar-refractivity contribution >= 4 is 22.5 Å². The van der Waals surface area contributed by atoms with Crippen molar-refractivity contribution in [3.8, 4) is 11.1 Å². The Morgan fingerprint density at radius 3 is 2.57 bits per heavy atom. The van der Waals surface area contributed by atoms with Crippen LogP contribution in [0.4, 0.5) is 11.6 Å². The number of hydrogen-bond acceptors (Lipinski definition) is 4. The van der Waals surface area contributed by atoms with Gasteiger partial charge in [-0.1, -0.05) is 12.1 Å². The van der Waals surface area contributed by atoms with Crippen LogP contribution in [-0.2, 0) is 0 Å². The van der Waals surface area contributed by atoms with E-state index in [2.05, 4.69) is 57.9 Å². The minimum absolute atomic E-state index is 0.642. The highest BCUT2D eigenvalue weighted by molar-refractivity contribution is 5.85. The van der Waals surface area contributed by atoms with Crippen LogP contribution in [-0.4, -0.2) is 24.1 Å². The summed E-state index contributed by atoms with van der Waals surface area (Å²) in [5.74, 6) is 0.642. The van der Waals surface area contributed by atoms with Crippen molar-refractivity contribution in [1.82, 2.24) is 9.97 Å². The number of aromatic nitrogens is 2. The van der Waals surface area contributed by atoms with Gasteiger partial charge in [-0.2, -0.15) is 0 Å². The lowest BCUT2D eigenvalue weighted by Crippen LogP contribution is -1.96. The standard InChI is InChI=1S/C17H18N4/c1-11-4-6-14(18-2)9-15(11)12-5-7-16-13(8-12)10-20-17(19-3)21-16/h4-10,18H,1-3H3,(H,19,20,21). The Morgan fingerprint density at radius 1 is 0.952 bits per heavy atom. The highest BCUT2D eigenvalue weighted by atomic mass is 15.1. The summed E-state index contributed by atoms with van der Waals surface area (Å²) in [5, 5.41) is 7.19. The third kappa shape index (κ3) is 2.52. The van der Waals surface area contributed by atoms with Crippen molar-refractivity contribution in [2.45, 2.75) is 6.92 Å². The molecule has 3 rings (SSSR count). The monoisotopic (exact) mass is 278 g/mol. The molecule has 0 fully saturated rings. The molecule has 2 N–H and O–H groups in total. The highest BCUT2D eigenvalue weighted by Gasteiger charge is 2.06. The number of fused-ring (bicyclic) bond motifs is 1. The van der Waals surface area contributed by atoms with E-state index in [0.29, 0.717) is 5.95 Å². The van der Waals surface area contributed by atoms with Crippen LogP contribution < -0.4 is 10.6 Å². The number of aryl methyl sites for hydroxylation is 1. The number of rotatable bonds is 3. The third-order valence-electron chi connectivity index (χ3n) is 3.64. The van der Waals surface area contributed by atoms with Gasteiger partial charge in [0.1, 0.15) is 0 Å². The molecule has 106 valence electrons. The lowest BCUT2D eigenvalue weighted by molar-refractivity contribution is 1.19. The molecular weight excluding hydrogens is 260 g/mol. The molecule has 0 atom stereocenters. The SMILES string of the molecule is CNc1ccc(C)c(-c2ccc3nc(NC)ncc3c2)c1. The van der Waals surface area contributed by atoms with E-state index in [0.717, 1.165) is 16.6 Å². The van der Waals surface area contributed by atoms with E-state index >= 15 is 0 Å². The molecule has 0 aliphatic heterocycles. The summed E-state index contributed by atoms with van der Waals surface area (Å²) < 4.78 is 0. The Bertz CT molecular complexity index is 796. The van der Waals surface area contributed by atoms with Crippen molar-refractivity contribution in [2.24, 2.45) is 0 Å². The number of hydrogen-bond donors (Lipinski definition) is 2. The molecule has 0 bridgehead atoms. The summed E-state index contributed by atoms with van der Waals surface area (Å²) in [7, 11) is 3.75. The minimum Gasteiger partial charge on any atom is -0.388 e. The fraction of sp³-hybridized carbons (Fsp3) is 0.176. The summed E-state index contributed by atoms with van der Waals surface area (Å²) in [5.41, 5.74) is 5.71. The van der Waals surface area contributed by atoms with Gasteiger partial charge in [0.15, 0.2) is 0 Å². The summed E-state index contributed by atoms with van der Waals surface area (Å²) >= 11 is 0. The number of nitrogens with zero attached hydrogens (tertiary/aromatic N) is 2. The Kier molecular flexibility index (Phi) is 3.44. The minimum atomic E-state index is 0.642. The molecule has 0 spiro atoms. The van der Waals surface area contributed by atoms with Crippen LogP contribution in [0.3, 0.4) is 0 Å². The molecule has 1 heterocycles. The summed E-state index contributed by atoms with van der Waals surface area (Å²) in [6.45, 7) is 2.12. The van der Waals surface area contributed by atoms with E-state index in [1.165, 1.54) is 16.7 Å². The smallest absolute Gasteiger partial charge is 0.222 e. The maximum absolute atomic E-state index is 4.45. The van der Waals surface area contributed by atoms with Gasteiger partial charge < -0.3 is 10.6 Å². The Balaban J connectivity index is 2.13. The van der Waals surface area contributed by atoms with Gasteiger partial charge in [0.2, 0.25) is 5.95 Å². The van der Waals surface area contributed by atoms with Crippen LogP contribution in [0, 0.1) is 6.92 Å². The van der Waals surface area contributed by atoms with Crippen molar-refractivity contribution < 1.29 is 0 Å². The number of nitrogens with one attached hydrogen (secondary N) is 2. The van der Waals surface area contributed by atoms with Crippen LogP contribution in [0.5, 0.6) is 0 Å². The largest absolute Gasteiger partial charge is 0.388 e. The zero-order chi connectivity index (χ0) is 14.8. The molecule has 0 unspecified atom stereocenters. The normalized spacial score (nSPS) is 10.6. The second-order valence-corrected chi connectivity index (χ2v) is 5.00. The second kappa shape index (κ2) is 5.40. The Morgan fingerprint density at radius 2 is 1.81 bits per heavy atom. The topological polar surface area (TPSA) is 49.8 Å². The molecule has 21 heavy (non-hydrogen) atoms. The van der Waals surface area contributed by atoms with E-state index in [9.17, 15) is 0 Å². The Labute approximate surface area is 124 Å². The van der Waals surface area contributed by atoms with Gasteiger partial charge in [-0.25, -0.2) is 9.97 Å². The van der Waals surface area contributed by atoms with Crippen molar-refractivity contribution in [3.05, 3.63) is 48.2 Å². The molecular formula is C17H18N4. The first-order chi connectivity index (χ1) is 10.2. The lowest BCUT2D eigenvalue weighted by Gasteiger charge is -2.10. The molecule has 4 nitrogen and oxygen atoms in total. The van der Waals surface area contributed by atoms with Gasteiger partial charge >= 0.3 is 0 Å². The maximum atomic E-state index is 4.45. The molecule has 4 heteroatoms. The first kappa shape index (κ1) is 13.4. The first-order valence-corrected chi connectivity index (χ1v) is 6.94. The van der Waals surface area contributed by atoms with Crippen molar-refractivity contribution in [3.63, 3.8) is 0 Å². The molecule has 0 saturated heterocycles. The van der Waals surface area contributed by atoms with Crippen LogP contribution in [0.1, 0.15) is 5.56 Å². The maximum Gasteiger partial charge on any atom is 0.222 e. The van der Waals surface area contributed by atoms with Crippen LogP contribution >= 0.6 is 0 Å². The van der Waals surface area contributed by atoms with Gasteiger partial charge in [-0.15, -0.1) is 0 Å². The predicted molar refractivity (Wildman–Crippen MR) is 88.8 cm³/mol. The van der Waals surface area contributed by atoms with Gasteiger partial charge in [-0.05, 0) is 47.9 Å². The third-order valence-corrected chi connectivity index (χ3v) is 3.64. The molecule has 0 saturated carbocycles. The zero-order valence-electron chi connectivity index (χ0n) is 12.4. The van der Waals surface area contributed by atoms with Crippen LogP contribution in [0.2, 0.25) is 0 Å². The average Bonchev–Trinajstić information content (AvgIpc) is 2.54. The Hall–Kier alpha value is -2.62. The molecule has 0 radical (unpaired) electrons. The number of anilines is 2. The van der Waals surface area contributed by atoms with Crippen LogP contribution in [0.25, 0.3) is 22.0 Å². The van der Waals surface area contributed by atoms with E-state index < -0.39 is 0 Å². The second-order valence-electron chi connectivity index (χ2n) is 5.00. The van der Waals surface area contributed by atoms with E-state index in [4.69, 9.17) is 0 Å². The molecule has 3 aromatic rings. The highest BCUT2D eigenvalue weighted by Crippen LogP contribution is 2.28. The first-order valence-electron chi connectivity index (χ1n) is 6.94. The van der Waals surface area contributed by atoms with Crippen LogP contribution in [0.15, 0.2) is 42.6 Å². The van der Waals surface area contributed by atoms with E-state index in [-0.39, 0.29) is 0 Å². The number of benzene rings is 2. The van der Waals surface area contributed by atoms with Crippen molar-refractivity contribution in [1.29, 1.82) is 0 Å². The molecule has 0 amide bonds. The zero-order valence-corrected chi connectivity index (χ0v) is 12.4. The average molecular weight is 278 g/mol. The summed E-state index contributed by atoms with van der Waals surface area (Å²) in [6.07, 6.45) is 1.86. The van der Waals surface area contributed by atoms with E-state index in [1.54, 1.807) is 0 Å². The fourth-order valence-corrected chi connectivity index (χ4v) is 2.41. The summed E-state index contributed by atoms with van der Waals surface area (Å²) in [4.78, 5) is 8.73. The van der Waals surface area contributed by atoms with Gasteiger partial charge in [0.25, 0.3) is 0 Å². The quantitative estimate of drug-likeness (QED) is 0.767. The van der Waals surface area contributed by atoms with E-state index in [1.807, 2.05) is 26.4 Å². The molecule has 0 aliphatic rings. The molecule has 1 aromatic heterocycles. The summed E-state index contributed by atoms with van der Waals surface area (Å²) in [6, 6.07) is 12.7. The fourth-order valence-electron chi connectivity index (χ4n) is 2.41. The molecule has 2 aromatic carbocycles. The van der Waals surface area contributed by atoms with Crippen molar-refractivity contribution in [2.75, 3.05) is 24.7 Å². The van der Waals surface area contributed by atoms with Gasteiger partial charge in [-0.3, -0.25) is 0 Å². The van der Waals surface area contributed by atoms with Gasteiger partial charge in [0, 0.05) is 31.4 Å².